The van der Waals surface area contributed by atoms with Crippen LogP contribution in [-0.4, -0.2) is 26.9 Å². The van der Waals surface area contributed by atoms with Crippen LogP contribution in [0.3, 0.4) is 0 Å². The molecule has 182 valence electrons. The van der Waals surface area contributed by atoms with Gasteiger partial charge in [0.15, 0.2) is 0 Å². The number of hydrogen-bond donors (Lipinski definition) is 2. The summed E-state index contributed by atoms with van der Waals surface area (Å²) in [5.41, 5.74) is 1.14. The van der Waals surface area contributed by atoms with E-state index in [-0.39, 0.29) is 23.0 Å². The van der Waals surface area contributed by atoms with Gasteiger partial charge in [0.2, 0.25) is 10.0 Å². The van der Waals surface area contributed by atoms with Gasteiger partial charge in [-0.25, -0.2) is 13.1 Å². The second-order valence-corrected chi connectivity index (χ2v) is 10.3. The number of fused-ring (bicyclic) bond motifs is 1. The van der Waals surface area contributed by atoms with E-state index in [1.165, 1.54) is 0 Å². The molecule has 34 heavy (non-hydrogen) atoms. The van der Waals surface area contributed by atoms with E-state index in [0.717, 1.165) is 59.9 Å². The van der Waals surface area contributed by atoms with Crippen molar-refractivity contribution in [3.8, 4) is 5.75 Å². The van der Waals surface area contributed by atoms with Crippen LogP contribution < -0.4 is 14.8 Å². The molecule has 4 rings (SSSR count). The topological polar surface area (TPSA) is 67.4 Å². The van der Waals surface area contributed by atoms with Crippen LogP contribution in [0.15, 0.2) is 71.6 Å². The minimum atomic E-state index is -4.83. The molecule has 1 fully saturated rings. The molecule has 0 amide bonds. The van der Waals surface area contributed by atoms with Gasteiger partial charge in [-0.2, -0.15) is 0 Å². The first-order valence-electron chi connectivity index (χ1n) is 11.2. The third kappa shape index (κ3) is 5.89. The molecule has 1 saturated carbocycles. The Morgan fingerprint density at radius 2 is 1.56 bits per heavy atom. The normalized spacial score (nSPS) is 20.2. The minimum Gasteiger partial charge on any atom is -0.406 e. The van der Waals surface area contributed by atoms with Gasteiger partial charge in [-0.05, 0) is 60.4 Å². The van der Waals surface area contributed by atoms with Crippen molar-refractivity contribution in [2.24, 2.45) is 0 Å². The first kappa shape index (κ1) is 24.5. The number of benzene rings is 3. The van der Waals surface area contributed by atoms with Gasteiger partial charge in [0.05, 0.1) is 4.90 Å². The Bertz CT molecular complexity index is 1220. The molecule has 0 bridgehead atoms. The average molecular weight is 493 g/mol. The smallest absolute Gasteiger partial charge is 0.406 e. The number of sulfonamides is 1. The molecule has 0 spiro atoms. The molecule has 1 aliphatic carbocycles. The summed E-state index contributed by atoms with van der Waals surface area (Å²) in [6, 6.07) is 18.1. The van der Waals surface area contributed by atoms with E-state index < -0.39 is 22.1 Å². The van der Waals surface area contributed by atoms with E-state index in [2.05, 4.69) is 46.0 Å². The van der Waals surface area contributed by atoms with Crippen molar-refractivity contribution in [2.45, 2.75) is 62.0 Å². The van der Waals surface area contributed by atoms with Crippen LogP contribution >= 0.6 is 0 Å². The van der Waals surface area contributed by atoms with Crippen molar-refractivity contribution in [1.82, 2.24) is 10.0 Å². The minimum absolute atomic E-state index is 0.00000451. The first-order chi connectivity index (χ1) is 16.1. The maximum atomic E-state index is 13.0. The number of ether oxygens (including phenoxy) is 1. The SMILES string of the molecule is C[C@@H](N[C@H]1CCCC[C@@H]1NS(=O)(=O)c1ccc(OC(F)(F)F)cc1)c1cccc2ccccc12. The zero-order chi connectivity index (χ0) is 24.3. The second kappa shape index (κ2) is 9.93. The lowest BCUT2D eigenvalue weighted by molar-refractivity contribution is -0.274. The Balaban J connectivity index is 1.48. The third-order valence-corrected chi connectivity index (χ3v) is 7.70. The lowest BCUT2D eigenvalue weighted by atomic mass is 9.89. The highest BCUT2D eigenvalue weighted by Gasteiger charge is 2.32. The van der Waals surface area contributed by atoms with Crippen LogP contribution in [0.1, 0.15) is 44.2 Å². The number of hydrogen-bond acceptors (Lipinski definition) is 4. The third-order valence-electron chi connectivity index (χ3n) is 6.19. The summed E-state index contributed by atoms with van der Waals surface area (Å²) < 4.78 is 69.7. The fourth-order valence-corrected chi connectivity index (χ4v) is 5.91. The molecule has 5 nitrogen and oxygen atoms in total. The second-order valence-electron chi connectivity index (χ2n) is 8.59. The summed E-state index contributed by atoms with van der Waals surface area (Å²) in [7, 11) is -3.92. The lowest BCUT2D eigenvalue weighted by Gasteiger charge is -2.35. The first-order valence-corrected chi connectivity index (χ1v) is 12.7. The monoisotopic (exact) mass is 492 g/mol. The molecule has 0 heterocycles. The van der Waals surface area contributed by atoms with Crippen molar-refractivity contribution in [3.05, 3.63) is 72.3 Å². The predicted molar refractivity (Wildman–Crippen MR) is 125 cm³/mol. The highest BCUT2D eigenvalue weighted by molar-refractivity contribution is 7.89. The Kier molecular flexibility index (Phi) is 7.16. The molecule has 3 aromatic rings. The number of nitrogens with one attached hydrogen (secondary N) is 2. The van der Waals surface area contributed by atoms with E-state index in [0.29, 0.717) is 6.42 Å². The fourth-order valence-electron chi connectivity index (χ4n) is 4.60. The van der Waals surface area contributed by atoms with Crippen LogP contribution in [0, 0.1) is 0 Å². The van der Waals surface area contributed by atoms with Gasteiger partial charge >= 0.3 is 6.36 Å². The predicted octanol–water partition coefficient (Wildman–Crippen LogP) is 5.68. The molecular weight excluding hydrogens is 465 g/mol. The fraction of sp³-hybridized carbons (Fsp3) is 0.360. The van der Waals surface area contributed by atoms with Crippen LogP contribution in [0.4, 0.5) is 13.2 Å². The van der Waals surface area contributed by atoms with Gasteiger partial charge in [-0.1, -0.05) is 55.3 Å². The molecule has 3 aromatic carbocycles. The van der Waals surface area contributed by atoms with E-state index in [9.17, 15) is 21.6 Å². The summed E-state index contributed by atoms with van der Waals surface area (Å²) in [6.07, 6.45) is -1.45. The van der Waals surface area contributed by atoms with Crippen molar-refractivity contribution < 1.29 is 26.3 Å². The standard InChI is InChI=1S/C25H27F3N2O3S/c1-17(21-10-6-8-18-7-2-3-9-22(18)21)29-23-11-4-5-12-24(23)30-34(31,32)20-15-13-19(14-16-20)33-25(26,27)28/h2-3,6-10,13-17,23-24,29-30H,4-5,11-12H2,1H3/t17-,23+,24+/m1/s1. The largest absolute Gasteiger partial charge is 0.573 e. The van der Waals surface area contributed by atoms with Crippen molar-refractivity contribution in [3.63, 3.8) is 0 Å². The molecular formula is C25H27F3N2O3S. The maximum Gasteiger partial charge on any atom is 0.573 e. The highest BCUT2D eigenvalue weighted by atomic mass is 32.2. The van der Waals surface area contributed by atoms with Gasteiger partial charge in [0.1, 0.15) is 5.75 Å². The molecule has 2 N–H and O–H groups in total. The summed E-state index contributed by atoms with van der Waals surface area (Å²) >= 11 is 0. The molecule has 1 aliphatic rings. The van der Waals surface area contributed by atoms with Gasteiger partial charge in [-0.15, -0.1) is 13.2 Å². The van der Waals surface area contributed by atoms with E-state index in [1.54, 1.807) is 0 Å². The Hall–Kier alpha value is -2.62. The number of rotatable bonds is 7. The van der Waals surface area contributed by atoms with E-state index >= 15 is 0 Å². The molecule has 9 heteroatoms. The molecule has 0 aliphatic heterocycles. The maximum absolute atomic E-state index is 13.0. The quantitative estimate of drug-likeness (QED) is 0.445. The molecule has 0 saturated heterocycles. The van der Waals surface area contributed by atoms with Crippen LogP contribution in [0.5, 0.6) is 5.75 Å². The molecule has 3 atom stereocenters. The van der Waals surface area contributed by atoms with Gasteiger partial charge in [0.25, 0.3) is 0 Å². The van der Waals surface area contributed by atoms with Crippen LogP contribution in [-0.2, 0) is 10.0 Å². The number of halogens is 3. The summed E-state index contributed by atoms with van der Waals surface area (Å²) in [5, 5.41) is 5.91. The highest BCUT2D eigenvalue weighted by Crippen LogP contribution is 2.28. The summed E-state index contributed by atoms with van der Waals surface area (Å²) in [6.45, 7) is 2.07. The molecule has 0 radical (unpaired) electrons. The number of alkyl halides is 3. The van der Waals surface area contributed by atoms with Crippen LogP contribution in [0.2, 0.25) is 0 Å². The van der Waals surface area contributed by atoms with Gasteiger partial charge in [0, 0.05) is 18.1 Å². The van der Waals surface area contributed by atoms with Gasteiger partial charge in [-0.3, -0.25) is 0 Å². The average Bonchev–Trinajstić information content (AvgIpc) is 2.79. The van der Waals surface area contributed by atoms with Gasteiger partial charge < -0.3 is 10.1 Å². The lowest BCUT2D eigenvalue weighted by Crippen LogP contribution is -2.52. The zero-order valence-electron chi connectivity index (χ0n) is 18.7. The Morgan fingerprint density at radius 1 is 0.912 bits per heavy atom. The van der Waals surface area contributed by atoms with E-state index in [4.69, 9.17) is 0 Å². The molecule has 0 unspecified atom stereocenters. The van der Waals surface area contributed by atoms with Crippen molar-refractivity contribution >= 4 is 20.8 Å². The summed E-state index contributed by atoms with van der Waals surface area (Å²) in [5.74, 6) is -0.465. The van der Waals surface area contributed by atoms with Crippen molar-refractivity contribution in [2.75, 3.05) is 0 Å². The van der Waals surface area contributed by atoms with E-state index in [1.807, 2.05) is 18.2 Å². The Morgan fingerprint density at radius 3 is 2.26 bits per heavy atom. The zero-order valence-corrected chi connectivity index (χ0v) is 19.5. The summed E-state index contributed by atoms with van der Waals surface area (Å²) in [4.78, 5) is -0.103. The Labute approximate surface area is 197 Å². The van der Waals surface area contributed by atoms with Crippen LogP contribution in [0.25, 0.3) is 10.8 Å². The van der Waals surface area contributed by atoms with Crippen molar-refractivity contribution in [1.29, 1.82) is 0 Å². The molecule has 0 aromatic heterocycles.